The van der Waals surface area contributed by atoms with Crippen molar-refractivity contribution in [2.24, 2.45) is 5.92 Å². The third-order valence-electron chi connectivity index (χ3n) is 4.75. The van der Waals surface area contributed by atoms with Gasteiger partial charge >= 0.3 is 5.97 Å². The number of ether oxygens (including phenoxy) is 1. The molecule has 1 aromatic rings. The number of aryl methyl sites for hydroxylation is 1. The SMILES string of the molecule is CCOC(=O)C1CCCN(C(=O)c2cc3n(n2)CCCN(C)C3)C1. The number of carbonyl (C=O) groups excluding carboxylic acids is 2. The van der Waals surface area contributed by atoms with E-state index in [0.717, 1.165) is 44.6 Å². The highest BCUT2D eigenvalue weighted by Crippen LogP contribution is 2.21. The summed E-state index contributed by atoms with van der Waals surface area (Å²) in [6.45, 7) is 5.99. The minimum Gasteiger partial charge on any atom is -0.466 e. The van der Waals surface area contributed by atoms with E-state index < -0.39 is 0 Å². The van der Waals surface area contributed by atoms with E-state index in [4.69, 9.17) is 4.74 Å². The Morgan fingerprint density at radius 3 is 2.92 bits per heavy atom. The number of rotatable bonds is 3. The molecule has 0 bridgehead atoms. The zero-order valence-corrected chi connectivity index (χ0v) is 14.5. The molecular weight excluding hydrogens is 308 g/mol. The van der Waals surface area contributed by atoms with Gasteiger partial charge in [0, 0.05) is 32.7 Å². The van der Waals surface area contributed by atoms with Crippen molar-refractivity contribution in [3.8, 4) is 0 Å². The van der Waals surface area contributed by atoms with E-state index >= 15 is 0 Å². The molecule has 132 valence electrons. The second-order valence-corrected chi connectivity index (χ2v) is 6.68. The number of hydrogen-bond acceptors (Lipinski definition) is 5. The number of carbonyl (C=O) groups is 2. The fourth-order valence-electron chi connectivity index (χ4n) is 3.50. The molecule has 1 fully saturated rings. The summed E-state index contributed by atoms with van der Waals surface area (Å²) in [5, 5.41) is 4.51. The molecule has 3 rings (SSSR count). The standard InChI is InChI=1S/C17H26N4O3/c1-3-24-17(23)13-6-4-8-20(11-13)16(22)15-10-14-12-19(2)7-5-9-21(14)18-15/h10,13H,3-9,11-12H2,1-2H3. The Morgan fingerprint density at radius 1 is 1.29 bits per heavy atom. The summed E-state index contributed by atoms with van der Waals surface area (Å²) >= 11 is 0. The summed E-state index contributed by atoms with van der Waals surface area (Å²) in [6.07, 6.45) is 2.64. The van der Waals surface area contributed by atoms with Gasteiger partial charge in [0.15, 0.2) is 5.69 Å². The van der Waals surface area contributed by atoms with Crippen LogP contribution in [-0.2, 0) is 22.6 Å². The maximum Gasteiger partial charge on any atom is 0.310 e. The Balaban J connectivity index is 1.70. The molecule has 1 amide bonds. The maximum absolute atomic E-state index is 12.8. The van der Waals surface area contributed by atoms with Gasteiger partial charge in [0.2, 0.25) is 0 Å². The lowest BCUT2D eigenvalue weighted by molar-refractivity contribution is -0.149. The molecule has 7 heteroatoms. The molecule has 1 atom stereocenters. The number of piperidine rings is 1. The zero-order valence-electron chi connectivity index (χ0n) is 14.5. The normalized spacial score (nSPS) is 21.9. The highest BCUT2D eigenvalue weighted by atomic mass is 16.5. The van der Waals surface area contributed by atoms with E-state index in [9.17, 15) is 9.59 Å². The predicted molar refractivity (Wildman–Crippen MR) is 88.4 cm³/mol. The number of aromatic nitrogens is 2. The highest BCUT2D eigenvalue weighted by molar-refractivity contribution is 5.92. The van der Waals surface area contributed by atoms with Crippen molar-refractivity contribution in [1.29, 1.82) is 0 Å². The lowest BCUT2D eigenvalue weighted by Crippen LogP contribution is -2.43. The van der Waals surface area contributed by atoms with Crippen LogP contribution in [0, 0.1) is 5.92 Å². The molecule has 1 aromatic heterocycles. The molecule has 2 aliphatic heterocycles. The summed E-state index contributed by atoms with van der Waals surface area (Å²) in [5.74, 6) is -0.487. The molecule has 1 saturated heterocycles. The van der Waals surface area contributed by atoms with Crippen LogP contribution in [0.1, 0.15) is 42.4 Å². The lowest BCUT2D eigenvalue weighted by atomic mass is 9.98. The van der Waals surface area contributed by atoms with Crippen molar-refractivity contribution in [2.45, 2.75) is 39.3 Å². The minimum absolute atomic E-state index is 0.0766. The number of fused-ring (bicyclic) bond motifs is 1. The molecule has 7 nitrogen and oxygen atoms in total. The number of amides is 1. The van der Waals surface area contributed by atoms with Gasteiger partial charge in [-0.1, -0.05) is 0 Å². The van der Waals surface area contributed by atoms with Crippen LogP contribution in [-0.4, -0.2) is 64.7 Å². The van der Waals surface area contributed by atoms with Gasteiger partial charge in [0.1, 0.15) is 0 Å². The summed E-state index contributed by atoms with van der Waals surface area (Å²) in [6, 6.07) is 1.90. The zero-order chi connectivity index (χ0) is 17.1. The van der Waals surface area contributed by atoms with E-state index in [-0.39, 0.29) is 17.8 Å². The van der Waals surface area contributed by atoms with Crippen molar-refractivity contribution >= 4 is 11.9 Å². The van der Waals surface area contributed by atoms with Gasteiger partial charge in [0.05, 0.1) is 18.2 Å². The maximum atomic E-state index is 12.8. The number of likely N-dealkylation sites (tertiary alicyclic amines) is 1. The van der Waals surface area contributed by atoms with Crippen LogP contribution >= 0.6 is 0 Å². The number of esters is 1. The quantitative estimate of drug-likeness (QED) is 0.775. The fraction of sp³-hybridized carbons (Fsp3) is 0.706. The molecule has 0 spiro atoms. The van der Waals surface area contributed by atoms with Crippen LogP contribution in [0.5, 0.6) is 0 Å². The van der Waals surface area contributed by atoms with Crippen LogP contribution < -0.4 is 0 Å². The lowest BCUT2D eigenvalue weighted by Gasteiger charge is -2.31. The first-order chi connectivity index (χ1) is 11.6. The average molecular weight is 334 g/mol. The van der Waals surface area contributed by atoms with Crippen molar-refractivity contribution in [2.75, 3.05) is 33.3 Å². The van der Waals surface area contributed by atoms with Crippen LogP contribution in [0.15, 0.2) is 6.07 Å². The molecule has 0 aliphatic carbocycles. The van der Waals surface area contributed by atoms with Crippen LogP contribution in [0.2, 0.25) is 0 Å². The summed E-state index contributed by atoms with van der Waals surface area (Å²) < 4.78 is 7.05. The fourth-order valence-corrected chi connectivity index (χ4v) is 3.50. The molecule has 0 radical (unpaired) electrons. The van der Waals surface area contributed by atoms with Crippen LogP contribution in [0.4, 0.5) is 0 Å². The van der Waals surface area contributed by atoms with E-state index in [0.29, 0.717) is 25.4 Å². The van der Waals surface area contributed by atoms with Gasteiger partial charge in [-0.25, -0.2) is 0 Å². The third kappa shape index (κ3) is 3.61. The van der Waals surface area contributed by atoms with Gasteiger partial charge in [-0.2, -0.15) is 5.10 Å². The molecule has 24 heavy (non-hydrogen) atoms. The summed E-state index contributed by atoms with van der Waals surface area (Å²) in [7, 11) is 2.08. The Labute approximate surface area is 142 Å². The van der Waals surface area contributed by atoms with E-state index in [1.165, 1.54) is 0 Å². The highest BCUT2D eigenvalue weighted by Gasteiger charge is 2.31. The smallest absolute Gasteiger partial charge is 0.310 e. The Kier molecular flexibility index (Phi) is 5.18. The van der Waals surface area contributed by atoms with Crippen LogP contribution in [0.25, 0.3) is 0 Å². The first kappa shape index (κ1) is 17.0. The van der Waals surface area contributed by atoms with Gasteiger partial charge in [-0.15, -0.1) is 0 Å². The van der Waals surface area contributed by atoms with Crippen molar-refractivity contribution in [3.63, 3.8) is 0 Å². The molecule has 3 heterocycles. The minimum atomic E-state index is -0.214. The van der Waals surface area contributed by atoms with Gasteiger partial charge in [0.25, 0.3) is 5.91 Å². The molecule has 2 aliphatic rings. The van der Waals surface area contributed by atoms with E-state index in [1.807, 2.05) is 10.7 Å². The summed E-state index contributed by atoms with van der Waals surface area (Å²) in [4.78, 5) is 28.7. The first-order valence-corrected chi connectivity index (χ1v) is 8.79. The van der Waals surface area contributed by atoms with Gasteiger partial charge in [-0.05, 0) is 39.3 Å². The monoisotopic (exact) mass is 334 g/mol. The number of hydrogen-bond donors (Lipinski definition) is 0. The Bertz CT molecular complexity index is 613. The Hall–Kier alpha value is -1.89. The largest absolute Gasteiger partial charge is 0.466 e. The average Bonchev–Trinajstić information content (AvgIpc) is 2.89. The third-order valence-corrected chi connectivity index (χ3v) is 4.75. The van der Waals surface area contributed by atoms with E-state index in [2.05, 4.69) is 17.0 Å². The van der Waals surface area contributed by atoms with Gasteiger partial charge in [-0.3, -0.25) is 14.3 Å². The second-order valence-electron chi connectivity index (χ2n) is 6.68. The van der Waals surface area contributed by atoms with Crippen molar-refractivity contribution < 1.29 is 14.3 Å². The van der Waals surface area contributed by atoms with E-state index in [1.54, 1.807) is 11.8 Å². The van der Waals surface area contributed by atoms with Crippen LogP contribution in [0.3, 0.4) is 0 Å². The predicted octanol–water partition coefficient (Wildman–Crippen LogP) is 1.13. The molecule has 1 unspecified atom stereocenters. The first-order valence-electron chi connectivity index (χ1n) is 8.79. The Morgan fingerprint density at radius 2 is 2.12 bits per heavy atom. The number of nitrogens with zero attached hydrogens (tertiary/aromatic N) is 4. The molecule has 0 saturated carbocycles. The van der Waals surface area contributed by atoms with Crippen molar-refractivity contribution in [3.05, 3.63) is 17.5 Å². The molecular formula is C17H26N4O3. The van der Waals surface area contributed by atoms with Gasteiger partial charge < -0.3 is 14.5 Å². The molecule has 0 aromatic carbocycles. The molecule has 0 N–H and O–H groups in total. The van der Waals surface area contributed by atoms with Crippen molar-refractivity contribution in [1.82, 2.24) is 19.6 Å². The topological polar surface area (TPSA) is 67.7 Å². The summed E-state index contributed by atoms with van der Waals surface area (Å²) in [5.41, 5.74) is 1.57. The second kappa shape index (κ2) is 7.34.